The Balaban J connectivity index is 2.45. The highest BCUT2D eigenvalue weighted by Gasteiger charge is 2.62. The van der Waals surface area contributed by atoms with Crippen LogP contribution in [0.5, 0.6) is 0 Å². The Labute approximate surface area is 88.4 Å². The highest BCUT2D eigenvalue weighted by molar-refractivity contribution is 7.82. The first-order chi connectivity index (χ1) is 5.82. The van der Waals surface area contributed by atoms with Gasteiger partial charge in [-0.2, -0.15) is 12.6 Å². The molecule has 1 saturated carbocycles. The molecule has 1 rings (SSSR count). The second-order valence-electron chi connectivity index (χ2n) is 4.77. The van der Waals surface area contributed by atoms with Crippen molar-refractivity contribution >= 4 is 20.5 Å². The Morgan fingerprint density at radius 2 is 1.92 bits per heavy atom. The van der Waals surface area contributed by atoms with Gasteiger partial charge in [0.25, 0.3) is 0 Å². The molecule has 0 bridgehead atoms. The Bertz CT molecular complexity index is 195. The van der Waals surface area contributed by atoms with Crippen molar-refractivity contribution in [3.63, 3.8) is 0 Å². The van der Waals surface area contributed by atoms with Gasteiger partial charge in [0.2, 0.25) is 0 Å². The van der Waals surface area contributed by atoms with Gasteiger partial charge in [0.15, 0.2) is 0 Å². The zero-order valence-corrected chi connectivity index (χ0v) is 9.90. The van der Waals surface area contributed by atoms with Crippen molar-refractivity contribution in [3.05, 3.63) is 0 Å². The van der Waals surface area contributed by atoms with Crippen molar-refractivity contribution in [2.24, 2.45) is 5.92 Å². The summed E-state index contributed by atoms with van der Waals surface area (Å²) in [6.07, 6.45) is 1.22. The smallest absolute Gasteiger partial charge is 0.0797 e. The average Bonchev–Trinajstić information content (AvgIpc) is 2.54. The van der Waals surface area contributed by atoms with Gasteiger partial charge in [-0.1, -0.05) is 13.8 Å². The summed E-state index contributed by atoms with van der Waals surface area (Å²) >= 11 is 4.64. The highest BCUT2D eigenvalue weighted by atomic mass is 32.1. The van der Waals surface area contributed by atoms with Gasteiger partial charge in [-0.3, -0.25) is 0 Å². The predicted octanol–water partition coefficient (Wildman–Crippen LogP) is 2.47. The Morgan fingerprint density at radius 3 is 2.23 bits per heavy atom. The maximum Gasteiger partial charge on any atom is 0.0797 e. The van der Waals surface area contributed by atoms with Gasteiger partial charge in [0, 0.05) is 11.4 Å². The standard InChI is InChI=1S/C10H19BOS/c1-7(2)10(13)5-9(10,11)6-12-8(3)4/h7-8,13H,5-6H2,1-4H3/t9-,10?/m0/s1. The van der Waals surface area contributed by atoms with Crippen molar-refractivity contribution in [2.45, 2.75) is 50.3 Å². The molecule has 0 amide bonds. The number of ether oxygens (including phenoxy) is 1. The highest BCUT2D eigenvalue weighted by Crippen LogP contribution is 2.68. The van der Waals surface area contributed by atoms with Gasteiger partial charge in [0.1, 0.15) is 0 Å². The minimum atomic E-state index is -0.200. The first-order valence-electron chi connectivity index (χ1n) is 4.95. The second kappa shape index (κ2) is 3.50. The molecule has 3 heteroatoms. The third-order valence-corrected chi connectivity index (χ3v) is 4.07. The molecule has 0 saturated heterocycles. The van der Waals surface area contributed by atoms with Crippen molar-refractivity contribution in [2.75, 3.05) is 6.61 Å². The van der Waals surface area contributed by atoms with Crippen molar-refractivity contribution in [1.29, 1.82) is 0 Å². The van der Waals surface area contributed by atoms with Gasteiger partial charge >= 0.3 is 0 Å². The van der Waals surface area contributed by atoms with Crippen LogP contribution in [0.15, 0.2) is 0 Å². The zero-order valence-electron chi connectivity index (χ0n) is 9.00. The van der Waals surface area contributed by atoms with Gasteiger partial charge < -0.3 is 4.74 Å². The predicted molar refractivity (Wildman–Crippen MR) is 60.7 cm³/mol. The number of hydrogen-bond donors (Lipinski definition) is 1. The maximum absolute atomic E-state index is 6.17. The summed E-state index contributed by atoms with van der Waals surface area (Å²) < 4.78 is 5.53. The molecular weight excluding hydrogens is 179 g/mol. The first-order valence-corrected chi connectivity index (χ1v) is 5.39. The molecule has 1 unspecified atom stereocenters. The fourth-order valence-electron chi connectivity index (χ4n) is 1.71. The molecule has 2 atom stereocenters. The first kappa shape index (κ1) is 11.4. The average molecular weight is 198 g/mol. The normalized spacial score (nSPS) is 38.7. The van der Waals surface area contributed by atoms with Gasteiger partial charge in [0.05, 0.1) is 14.0 Å². The van der Waals surface area contributed by atoms with Crippen LogP contribution < -0.4 is 0 Å². The van der Waals surface area contributed by atoms with Gasteiger partial charge in [-0.15, -0.1) is 0 Å². The molecule has 1 aliphatic carbocycles. The van der Waals surface area contributed by atoms with Crippen LogP contribution in [-0.4, -0.2) is 25.3 Å². The lowest BCUT2D eigenvalue weighted by molar-refractivity contribution is 0.0715. The van der Waals surface area contributed by atoms with E-state index in [1.54, 1.807) is 0 Å². The lowest BCUT2D eigenvalue weighted by Gasteiger charge is -2.22. The molecule has 0 aliphatic heterocycles. The minimum absolute atomic E-state index is 0.0120. The maximum atomic E-state index is 6.17. The van der Waals surface area contributed by atoms with Crippen molar-refractivity contribution in [3.8, 4) is 0 Å². The van der Waals surface area contributed by atoms with E-state index in [9.17, 15) is 0 Å². The molecule has 0 aromatic carbocycles. The lowest BCUT2D eigenvalue weighted by atomic mass is 9.79. The summed E-state index contributed by atoms with van der Waals surface area (Å²) in [5.41, 5.74) is 0. The van der Waals surface area contributed by atoms with Crippen molar-refractivity contribution in [1.82, 2.24) is 0 Å². The molecule has 74 valence electrons. The van der Waals surface area contributed by atoms with Crippen LogP contribution in [0, 0.1) is 5.92 Å². The fourth-order valence-corrected chi connectivity index (χ4v) is 2.05. The topological polar surface area (TPSA) is 9.23 Å². The summed E-state index contributed by atoms with van der Waals surface area (Å²) in [6.45, 7) is 9.02. The van der Waals surface area contributed by atoms with Crippen LogP contribution in [0.4, 0.5) is 0 Å². The molecule has 1 aliphatic rings. The molecule has 0 spiro atoms. The SMILES string of the molecule is [B][C@]1(COC(C)C)CC1(S)C(C)C. The lowest BCUT2D eigenvalue weighted by Crippen LogP contribution is -2.22. The Kier molecular flexibility index (Phi) is 3.09. The summed E-state index contributed by atoms with van der Waals surface area (Å²) in [7, 11) is 6.17. The van der Waals surface area contributed by atoms with Gasteiger partial charge in [-0.25, -0.2) is 0 Å². The van der Waals surface area contributed by atoms with Gasteiger partial charge in [-0.05, 0) is 31.5 Å². The van der Waals surface area contributed by atoms with Crippen LogP contribution >= 0.6 is 12.6 Å². The quantitative estimate of drug-likeness (QED) is 0.539. The molecule has 1 nitrogen and oxygen atoms in total. The van der Waals surface area contributed by atoms with E-state index in [1.807, 2.05) is 13.8 Å². The van der Waals surface area contributed by atoms with E-state index in [-0.39, 0.29) is 16.2 Å². The molecule has 0 aromatic rings. The molecule has 13 heavy (non-hydrogen) atoms. The third kappa shape index (κ3) is 2.07. The van der Waals surface area contributed by atoms with Crippen molar-refractivity contribution < 1.29 is 4.74 Å². The van der Waals surface area contributed by atoms with E-state index in [4.69, 9.17) is 12.6 Å². The van der Waals surface area contributed by atoms with E-state index < -0.39 is 0 Å². The van der Waals surface area contributed by atoms with Crippen LogP contribution in [0.1, 0.15) is 34.1 Å². The van der Waals surface area contributed by atoms with E-state index in [1.165, 1.54) is 0 Å². The molecule has 0 N–H and O–H groups in total. The minimum Gasteiger partial charge on any atom is -0.379 e. The molecule has 1 fully saturated rings. The second-order valence-corrected chi connectivity index (χ2v) is 5.57. The van der Waals surface area contributed by atoms with Crippen LogP contribution in [0.2, 0.25) is 5.31 Å². The number of thiol groups is 1. The summed E-state index contributed by atoms with van der Waals surface area (Å²) in [5.74, 6) is 0.511. The molecular formula is C10H19BOS. The van der Waals surface area contributed by atoms with E-state index >= 15 is 0 Å². The van der Waals surface area contributed by atoms with Crippen LogP contribution in [0.3, 0.4) is 0 Å². The molecule has 0 heterocycles. The number of hydrogen-bond acceptors (Lipinski definition) is 2. The zero-order chi connectivity index (χ0) is 10.3. The summed E-state index contributed by atoms with van der Waals surface area (Å²) in [4.78, 5) is 0. The van der Waals surface area contributed by atoms with Crippen LogP contribution in [0.25, 0.3) is 0 Å². The van der Waals surface area contributed by atoms with Crippen LogP contribution in [-0.2, 0) is 4.74 Å². The van der Waals surface area contributed by atoms with E-state index in [0.717, 1.165) is 6.42 Å². The summed E-state index contributed by atoms with van der Waals surface area (Å²) in [5, 5.41) is -0.200. The van der Waals surface area contributed by atoms with E-state index in [0.29, 0.717) is 12.5 Å². The summed E-state index contributed by atoms with van der Waals surface area (Å²) in [6, 6.07) is 0. The Hall–Kier alpha value is 0.375. The number of rotatable bonds is 4. The molecule has 0 aromatic heterocycles. The third-order valence-electron chi connectivity index (χ3n) is 2.95. The monoisotopic (exact) mass is 198 g/mol. The fraction of sp³-hybridized carbons (Fsp3) is 1.00. The largest absolute Gasteiger partial charge is 0.379 e. The van der Waals surface area contributed by atoms with E-state index in [2.05, 4.69) is 26.5 Å². The molecule has 2 radical (unpaired) electrons. The Morgan fingerprint density at radius 1 is 1.38 bits per heavy atom.